The number of para-hydroxylation sites is 2. The third kappa shape index (κ3) is 4.69. The Labute approximate surface area is 114 Å². The highest BCUT2D eigenvalue weighted by molar-refractivity contribution is 5.58. The minimum absolute atomic E-state index is 0.275. The lowest BCUT2D eigenvalue weighted by Gasteiger charge is -2.33. The predicted molar refractivity (Wildman–Crippen MR) is 75.0 cm³/mol. The van der Waals surface area contributed by atoms with Gasteiger partial charge in [-0.05, 0) is 30.9 Å². The summed E-state index contributed by atoms with van der Waals surface area (Å²) in [4.78, 5) is 2.12. The molecule has 2 rings (SSSR count). The van der Waals surface area contributed by atoms with E-state index in [1.165, 1.54) is 0 Å². The van der Waals surface area contributed by atoms with Crippen LogP contribution in [0.4, 0.5) is 14.5 Å². The number of benzene rings is 1. The molecule has 1 aliphatic heterocycles. The van der Waals surface area contributed by atoms with Crippen molar-refractivity contribution in [2.24, 2.45) is 5.92 Å². The van der Waals surface area contributed by atoms with Crippen molar-refractivity contribution in [1.82, 2.24) is 0 Å². The van der Waals surface area contributed by atoms with Gasteiger partial charge in [0.1, 0.15) is 5.75 Å². The molecule has 0 radical (unpaired) electrons. The van der Waals surface area contributed by atoms with Crippen LogP contribution in [0.3, 0.4) is 0 Å². The zero-order valence-electron chi connectivity index (χ0n) is 11.9. The molecule has 1 saturated heterocycles. The Hall–Kier alpha value is -1.32. The van der Waals surface area contributed by atoms with Gasteiger partial charge in [-0.15, -0.1) is 0 Å². The van der Waals surface area contributed by atoms with Crippen molar-refractivity contribution < 1.29 is 13.5 Å². The van der Waals surface area contributed by atoms with Crippen molar-refractivity contribution in [1.29, 1.82) is 0 Å². The summed E-state index contributed by atoms with van der Waals surface area (Å²) >= 11 is 0. The van der Waals surface area contributed by atoms with E-state index in [0.29, 0.717) is 0 Å². The van der Waals surface area contributed by atoms with E-state index in [9.17, 15) is 8.78 Å². The Morgan fingerprint density at radius 2 is 1.74 bits per heavy atom. The summed E-state index contributed by atoms with van der Waals surface area (Å²) in [5, 5.41) is 0. The molecule has 1 heterocycles. The molecule has 1 fully saturated rings. The van der Waals surface area contributed by atoms with E-state index >= 15 is 0 Å². The molecule has 0 unspecified atom stereocenters. The average Bonchev–Trinajstić information content (AvgIpc) is 2.42. The lowest BCUT2D eigenvalue weighted by atomic mass is 9.99. The fraction of sp³-hybridized carbons (Fsp3) is 0.600. The zero-order chi connectivity index (χ0) is 14.3. The van der Waals surface area contributed by atoms with Gasteiger partial charge in [0.2, 0.25) is 0 Å². The first-order valence-corrected chi connectivity index (χ1v) is 6.95. The summed E-state index contributed by atoms with van der Waals surface area (Å²) in [5.41, 5.74) is 0.778. The second-order valence-electron chi connectivity index (χ2n) is 4.52. The summed E-state index contributed by atoms with van der Waals surface area (Å²) in [6.07, 6.45) is 2.20. The Kier molecular flexibility index (Phi) is 6.60. The predicted octanol–water partition coefficient (Wildman–Crippen LogP) is 4.55. The van der Waals surface area contributed by atoms with Gasteiger partial charge >= 0.3 is 6.61 Å². The molecule has 1 aromatic carbocycles. The van der Waals surface area contributed by atoms with E-state index in [4.69, 9.17) is 0 Å². The summed E-state index contributed by atoms with van der Waals surface area (Å²) in [6.45, 7) is 5.27. The van der Waals surface area contributed by atoms with Gasteiger partial charge < -0.3 is 9.64 Å². The van der Waals surface area contributed by atoms with Gasteiger partial charge in [0, 0.05) is 13.1 Å². The van der Waals surface area contributed by atoms with Gasteiger partial charge in [-0.1, -0.05) is 32.9 Å². The molecule has 0 aliphatic carbocycles. The number of rotatable bonds is 3. The highest BCUT2D eigenvalue weighted by atomic mass is 19.3. The summed E-state index contributed by atoms with van der Waals surface area (Å²) in [7, 11) is 0. The summed E-state index contributed by atoms with van der Waals surface area (Å²) in [5.74, 6) is 0.992. The lowest BCUT2D eigenvalue weighted by molar-refractivity contribution is -0.0495. The maximum absolute atomic E-state index is 12.3. The van der Waals surface area contributed by atoms with Crippen LogP contribution in [0, 0.1) is 5.92 Å². The molecular formula is C15H23F2NO. The number of nitrogens with zero attached hydrogens (tertiary/aromatic N) is 1. The number of alkyl halides is 2. The second-order valence-corrected chi connectivity index (χ2v) is 4.52. The number of hydrogen-bond acceptors (Lipinski definition) is 2. The number of ether oxygens (including phenoxy) is 1. The van der Waals surface area contributed by atoms with Crippen LogP contribution < -0.4 is 9.64 Å². The van der Waals surface area contributed by atoms with Crippen molar-refractivity contribution >= 4 is 5.69 Å². The van der Waals surface area contributed by atoms with Crippen LogP contribution in [0.15, 0.2) is 24.3 Å². The smallest absolute Gasteiger partial charge is 0.387 e. The Morgan fingerprint density at radius 3 is 2.32 bits per heavy atom. The normalized spacial score (nSPS) is 16.0. The van der Waals surface area contributed by atoms with Crippen molar-refractivity contribution in [3.8, 4) is 5.75 Å². The molecule has 19 heavy (non-hydrogen) atoms. The van der Waals surface area contributed by atoms with Gasteiger partial charge in [0.05, 0.1) is 5.69 Å². The largest absolute Gasteiger partial charge is 0.433 e. The van der Waals surface area contributed by atoms with E-state index in [1.807, 2.05) is 26.0 Å². The van der Waals surface area contributed by atoms with E-state index in [-0.39, 0.29) is 5.75 Å². The topological polar surface area (TPSA) is 12.5 Å². The van der Waals surface area contributed by atoms with Gasteiger partial charge in [-0.3, -0.25) is 0 Å². The van der Waals surface area contributed by atoms with Crippen molar-refractivity contribution in [3.05, 3.63) is 24.3 Å². The van der Waals surface area contributed by atoms with Gasteiger partial charge in [-0.2, -0.15) is 8.78 Å². The Bertz CT molecular complexity index is 363. The molecule has 0 aromatic heterocycles. The molecule has 1 aliphatic rings. The first kappa shape index (κ1) is 15.7. The van der Waals surface area contributed by atoms with Crippen LogP contribution in [0.2, 0.25) is 0 Å². The third-order valence-electron chi connectivity index (χ3n) is 3.21. The lowest BCUT2D eigenvalue weighted by Crippen LogP contribution is -2.33. The van der Waals surface area contributed by atoms with Crippen LogP contribution >= 0.6 is 0 Å². The summed E-state index contributed by atoms with van der Waals surface area (Å²) in [6, 6.07) is 7.01. The second kappa shape index (κ2) is 7.97. The minimum atomic E-state index is -2.76. The van der Waals surface area contributed by atoms with Gasteiger partial charge in [-0.25, -0.2) is 0 Å². The Balaban J connectivity index is 0.000000861. The highest BCUT2D eigenvalue weighted by Crippen LogP contribution is 2.32. The highest BCUT2D eigenvalue weighted by Gasteiger charge is 2.19. The fourth-order valence-corrected chi connectivity index (χ4v) is 2.16. The van der Waals surface area contributed by atoms with Crippen molar-refractivity contribution in [2.45, 2.75) is 40.2 Å². The molecular weight excluding hydrogens is 248 g/mol. The molecule has 0 bridgehead atoms. The van der Waals surface area contributed by atoms with Crippen LogP contribution in [-0.4, -0.2) is 19.7 Å². The molecule has 4 heteroatoms. The first-order chi connectivity index (χ1) is 9.16. The number of hydrogen-bond donors (Lipinski definition) is 0. The quantitative estimate of drug-likeness (QED) is 0.799. The molecule has 0 spiro atoms. The van der Waals surface area contributed by atoms with Gasteiger partial charge in [0.25, 0.3) is 0 Å². The maximum atomic E-state index is 12.3. The van der Waals surface area contributed by atoms with E-state index < -0.39 is 6.61 Å². The Morgan fingerprint density at radius 1 is 1.16 bits per heavy atom. The number of anilines is 1. The molecule has 0 saturated carbocycles. The fourth-order valence-electron chi connectivity index (χ4n) is 2.16. The molecule has 2 nitrogen and oxygen atoms in total. The van der Waals surface area contributed by atoms with Crippen LogP contribution in [0.25, 0.3) is 0 Å². The first-order valence-electron chi connectivity index (χ1n) is 6.95. The monoisotopic (exact) mass is 271 g/mol. The molecule has 108 valence electrons. The van der Waals surface area contributed by atoms with Crippen molar-refractivity contribution in [3.63, 3.8) is 0 Å². The maximum Gasteiger partial charge on any atom is 0.387 e. The third-order valence-corrected chi connectivity index (χ3v) is 3.21. The minimum Gasteiger partial charge on any atom is -0.433 e. The van der Waals surface area contributed by atoms with Crippen LogP contribution in [0.5, 0.6) is 5.75 Å². The number of halogens is 2. The molecule has 0 N–H and O–H groups in total. The standard InChI is InChI=1S/C13H17F2NO.C2H6/c1-10-6-8-16(9-7-10)11-4-2-3-5-12(11)17-13(14)15;1-2/h2-5,10,13H,6-9H2,1H3;1-2H3. The van der Waals surface area contributed by atoms with Gasteiger partial charge in [0.15, 0.2) is 0 Å². The van der Waals surface area contributed by atoms with E-state index in [2.05, 4.69) is 16.6 Å². The van der Waals surface area contributed by atoms with E-state index in [1.54, 1.807) is 12.1 Å². The summed E-state index contributed by atoms with van der Waals surface area (Å²) < 4.78 is 29.1. The van der Waals surface area contributed by atoms with Crippen molar-refractivity contribution in [2.75, 3.05) is 18.0 Å². The average molecular weight is 271 g/mol. The zero-order valence-corrected chi connectivity index (χ0v) is 11.9. The molecule has 0 atom stereocenters. The molecule has 0 amide bonds. The van der Waals surface area contributed by atoms with Crippen LogP contribution in [0.1, 0.15) is 33.6 Å². The van der Waals surface area contributed by atoms with E-state index in [0.717, 1.165) is 37.5 Å². The van der Waals surface area contributed by atoms with Crippen LogP contribution in [-0.2, 0) is 0 Å². The number of piperidine rings is 1. The molecule has 1 aromatic rings. The SMILES string of the molecule is CC.CC1CCN(c2ccccc2OC(F)F)CC1.